The first-order valence-electron chi connectivity index (χ1n) is 4.54. The zero-order valence-electron chi connectivity index (χ0n) is 8.16. The van der Waals surface area contributed by atoms with Crippen LogP contribution in [0.5, 0.6) is 0 Å². The summed E-state index contributed by atoms with van der Waals surface area (Å²) in [5.74, 6) is 0.134. The highest BCUT2D eigenvalue weighted by atomic mass is 35.5. The largest absolute Gasteiger partial charge is 0.441 e. The molecule has 1 heterocycles. The van der Waals surface area contributed by atoms with E-state index in [1.54, 1.807) is 18.2 Å². The maximum Gasteiger partial charge on any atom is 0.228 e. The van der Waals surface area contributed by atoms with Crippen molar-refractivity contribution in [1.29, 1.82) is 0 Å². The maximum atomic E-state index is 11.9. The Balaban J connectivity index is 2.41. The maximum absolute atomic E-state index is 11.9. The molecule has 2 rings (SSSR count). The fraction of sp³-hybridized carbons (Fsp3) is 0.0833. The van der Waals surface area contributed by atoms with Crippen molar-refractivity contribution in [3.63, 3.8) is 0 Å². The lowest BCUT2D eigenvalue weighted by Crippen LogP contribution is -2.01. The highest BCUT2D eigenvalue weighted by Crippen LogP contribution is 2.18. The van der Waals surface area contributed by atoms with Gasteiger partial charge in [0.2, 0.25) is 5.78 Å². The van der Waals surface area contributed by atoms with Gasteiger partial charge in [-0.1, -0.05) is 24.3 Å². The second-order valence-corrected chi connectivity index (χ2v) is 3.62. The average Bonchev–Trinajstić information content (AvgIpc) is 2.65. The molecule has 0 fully saturated rings. The predicted octanol–water partition coefficient (Wildman–Crippen LogP) is 3.47. The molecule has 0 saturated heterocycles. The molecule has 0 aliphatic carbocycles. The van der Waals surface area contributed by atoms with Crippen LogP contribution in [0.15, 0.2) is 40.8 Å². The Labute approximate surface area is 92.5 Å². The first-order valence-corrected chi connectivity index (χ1v) is 4.92. The molecule has 0 N–H and O–H groups in total. The Hall–Kier alpha value is -1.54. The number of ketones is 1. The number of aryl methyl sites for hydroxylation is 1. The third kappa shape index (κ3) is 1.95. The minimum atomic E-state index is -0.139. The van der Waals surface area contributed by atoms with E-state index in [1.165, 1.54) is 0 Å². The quantitative estimate of drug-likeness (QED) is 0.726. The summed E-state index contributed by atoms with van der Waals surface area (Å²) in [6, 6.07) is 10.5. The van der Waals surface area contributed by atoms with Crippen LogP contribution in [0.4, 0.5) is 0 Å². The van der Waals surface area contributed by atoms with Crippen LogP contribution in [0.1, 0.15) is 21.7 Å². The van der Waals surface area contributed by atoms with Gasteiger partial charge in [0.05, 0.1) is 0 Å². The van der Waals surface area contributed by atoms with Crippen molar-refractivity contribution in [3.8, 4) is 0 Å². The summed E-state index contributed by atoms with van der Waals surface area (Å²) in [6.45, 7) is 1.89. The molecule has 0 aliphatic heterocycles. The van der Waals surface area contributed by atoms with Crippen molar-refractivity contribution >= 4 is 17.4 Å². The second kappa shape index (κ2) is 3.91. The van der Waals surface area contributed by atoms with E-state index in [9.17, 15) is 4.79 Å². The fourth-order valence-electron chi connectivity index (χ4n) is 1.40. The zero-order valence-corrected chi connectivity index (χ0v) is 8.91. The number of benzene rings is 1. The molecule has 0 saturated carbocycles. The van der Waals surface area contributed by atoms with Gasteiger partial charge in [0.1, 0.15) is 0 Å². The Kier molecular flexibility index (Phi) is 2.60. The molecule has 15 heavy (non-hydrogen) atoms. The lowest BCUT2D eigenvalue weighted by Gasteiger charge is -2.01. The van der Waals surface area contributed by atoms with Crippen LogP contribution >= 0.6 is 11.6 Å². The number of carbonyl (C=O) groups is 1. The number of halogens is 1. The summed E-state index contributed by atoms with van der Waals surface area (Å²) in [4.78, 5) is 11.9. The van der Waals surface area contributed by atoms with Crippen LogP contribution in [0.2, 0.25) is 5.22 Å². The Morgan fingerprint density at radius 3 is 2.53 bits per heavy atom. The molecule has 2 nitrogen and oxygen atoms in total. The predicted molar refractivity (Wildman–Crippen MR) is 58.3 cm³/mol. The van der Waals surface area contributed by atoms with Crippen LogP contribution in [0.3, 0.4) is 0 Å². The van der Waals surface area contributed by atoms with E-state index >= 15 is 0 Å². The standard InChI is InChI=1S/C12H9ClO2/c1-8-4-2-3-5-9(8)12(14)10-6-7-11(13)15-10/h2-7H,1H3. The Bertz CT molecular complexity index is 500. The van der Waals surface area contributed by atoms with Crippen LogP contribution in [0, 0.1) is 6.92 Å². The molecular weight excluding hydrogens is 212 g/mol. The molecule has 0 unspecified atom stereocenters. The average molecular weight is 221 g/mol. The summed E-state index contributed by atoms with van der Waals surface area (Å²) >= 11 is 5.61. The van der Waals surface area contributed by atoms with Crippen LogP contribution in [0.25, 0.3) is 0 Å². The Morgan fingerprint density at radius 1 is 1.20 bits per heavy atom. The normalized spacial score (nSPS) is 10.3. The van der Waals surface area contributed by atoms with Crippen LogP contribution < -0.4 is 0 Å². The van der Waals surface area contributed by atoms with E-state index in [-0.39, 0.29) is 16.8 Å². The van der Waals surface area contributed by atoms with E-state index in [4.69, 9.17) is 16.0 Å². The smallest absolute Gasteiger partial charge is 0.228 e. The van der Waals surface area contributed by atoms with Crippen molar-refractivity contribution in [2.75, 3.05) is 0 Å². The summed E-state index contributed by atoms with van der Waals surface area (Å²) in [6.07, 6.45) is 0. The van der Waals surface area contributed by atoms with E-state index in [1.807, 2.05) is 25.1 Å². The SMILES string of the molecule is Cc1ccccc1C(=O)c1ccc(Cl)o1. The van der Waals surface area contributed by atoms with E-state index in [2.05, 4.69) is 0 Å². The molecule has 76 valence electrons. The van der Waals surface area contributed by atoms with Gasteiger partial charge in [-0.2, -0.15) is 0 Å². The van der Waals surface area contributed by atoms with Gasteiger partial charge >= 0.3 is 0 Å². The lowest BCUT2D eigenvalue weighted by molar-refractivity contribution is 0.101. The van der Waals surface area contributed by atoms with Gasteiger partial charge < -0.3 is 4.42 Å². The van der Waals surface area contributed by atoms with Gasteiger partial charge in [-0.3, -0.25) is 4.79 Å². The van der Waals surface area contributed by atoms with Crippen molar-refractivity contribution in [3.05, 3.63) is 58.5 Å². The van der Waals surface area contributed by atoms with E-state index < -0.39 is 0 Å². The lowest BCUT2D eigenvalue weighted by atomic mass is 10.0. The minimum absolute atomic E-state index is 0.139. The number of carbonyl (C=O) groups excluding carboxylic acids is 1. The molecule has 1 aromatic heterocycles. The summed E-state index contributed by atoms with van der Waals surface area (Å²) in [7, 11) is 0. The minimum Gasteiger partial charge on any atom is -0.441 e. The topological polar surface area (TPSA) is 30.2 Å². The summed E-state index contributed by atoms with van der Waals surface area (Å²) in [5.41, 5.74) is 1.57. The summed E-state index contributed by atoms with van der Waals surface area (Å²) < 4.78 is 5.07. The van der Waals surface area contributed by atoms with Gasteiger partial charge in [-0.05, 0) is 36.2 Å². The van der Waals surface area contributed by atoms with Gasteiger partial charge in [0, 0.05) is 5.56 Å². The monoisotopic (exact) mass is 220 g/mol. The zero-order chi connectivity index (χ0) is 10.8. The van der Waals surface area contributed by atoms with Gasteiger partial charge in [-0.25, -0.2) is 0 Å². The number of hydrogen-bond acceptors (Lipinski definition) is 2. The molecule has 0 bridgehead atoms. The summed E-state index contributed by atoms with van der Waals surface area (Å²) in [5, 5.41) is 0.229. The van der Waals surface area contributed by atoms with Crippen LogP contribution in [-0.4, -0.2) is 5.78 Å². The fourth-order valence-corrected chi connectivity index (χ4v) is 1.54. The third-order valence-corrected chi connectivity index (χ3v) is 2.39. The first kappa shape index (κ1) is 9.99. The number of hydrogen-bond donors (Lipinski definition) is 0. The molecule has 3 heteroatoms. The third-order valence-electron chi connectivity index (χ3n) is 2.19. The molecule has 0 atom stereocenters. The Morgan fingerprint density at radius 2 is 1.93 bits per heavy atom. The van der Waals surface area contributed by atoms with E-state index in [0.29, 0.717) is 5.56 Å². The number of rotatable bonds is 2. The van der Waals surface area contributed by atoms with Crippen LogP contribution in [-0.2, 0) is 0 Å². The highest BCUT2D eigenvalue weighted by molar-refractivity contribution is 6.29. The molecular formula is C12H9ClO2. The molecule has 1 aromatic carbocycles. The van der Waals surface area contributed by atoms with Crippen molar-refractivity contribution in [2.45, 2.75) is 6.92 Å². The molecule has 0 aliphatic rings. The first-order chi connectivity index (χ1) is 7.18. The molecule has 0 amide bonds. The van der Waals surface area contributed by atoms with Gasteiger partial charge in [-0.15, -0.1) is 0 Å². The van der Waals surface area contributed by atoms with Crippen molar-refractivity contribution in [1.82, 2.24) is 0 Å². The van der Waals surface area contributed by atoms with Gasteiger partial charge in [0.15, 0.2) is 11.0 Å². The van der Waals surface area contributed by atoms with Crippen molar-refractivity contribution < 1.29 is 9.21 Å². The molecule has 0 radical (unpaired) electrons. The number of furan rings is 1. The molecule has 0 spiro atoms. The van der Waals surface area contributed by atoms with Crippen molar-refractivity contribution in [2.24, 2.45) is 0 Å². The van der Waals surface area contributed by atoms with E-state index in [0.717, 1.165) is 5.56 Å². The second-order valence-electron chi connectivity index (χ2n) is 3.25. The highest BCUT2D eigenvalue weighted by Gasteiger charge is 2.14. The molecule has 2 aromatic rings. The van der Waals surface area contributed by atoms with Gasteiger partial charge in [0.25, 0.3) is 0 Å².